The van der Waals surface area contributed by atoms with Gasteiger partial charge in [-0.3, -0.25) is 9.59 Å². The van der Waals surface area contributed by atoms with Gasteiger partial charge < -0.3 is 23.8 Å². The molecule has 0 saturated carbocycles. The zero-order chi connectivity index (χ0) is 21.8. The maximum Gasteiger partial charge on any atom is 0.260 e. The summed E-state index contributed by atoms with van der Waals surface area (Å²) in [5.41, 5.74) is 1.12. The van der Waals surface area contributed by atoms with Crippen molar-refractivity contribution in [1.82, 2.24) is 4.90 Å². The van der Waals surface area contributed by atoms with Gasteiger partial charge in [0.15, 0.2) is 12.4 Å². The molecule has 0 unspecified atom stereocenters. The van der Waals surface area contributed by atoms with Crippen LogP contribution >= 0.6 is 0 Å². The number of amides is 1. The molecule has 1 fully saturated rings. The second-order valence-electron chi connectivity index (χ2n) is 7.44. The molecular formula is C24H25NO6. The van der Waals surface area contributed by atoms with Crippen molar-refractivity contribution in [3.8, 4) is 23.0 Å². The number of allylic oxidation sites excluding steroid dienone is 1. The van der Waals surface area contributed by atoms with E-state index in [1.165, 1.54) is 0 Å². The SMILES string of the molecule is COc1ccc(OC)c(C=C2Oc3cc(OCC(=O)N4CCCCC4)ccc3C2=O)c1. The molecule has 0 radical (unpaired) electrons. The Bertz CT molecular complexity index is 1020. The Morgan fingerprint density at radius 3 is 2.55 bits per heavy atom. The predicted molar refractivity (Wildman–Crippen MR) is 115 cm³/mol. The number of ether oxygens (including phenoxy) is 4. The van der Waals surface area contributed by atoms with Crippen LogP contribution in [0, 0.1) is 0 Å². The number of methoxy groups -OCH3 is 2. The van der Waals surface area contributed by atoms with E-state index >= 15 is 0 Å². The molecule has 1 saturated heterocycles. The highest BCUT2D eigenvalue weighted by molar-refractivity contribution is 6.14. The van der Waals surface area contributed by atoms with Crippen LogP contribution in [-0.4, -0.2) is 50.5 Å². The topological polar surface area (TPSA) is 74.3 Å². The third-order valence-electron chi connectivity index (χ3n) is 5.44. The van der Waals surface area contributed by atoms with Crippen LogP contribution in [0.4, 0.5) is 0 Å². The number of piperidine rings is 1. The average molecular weight is 423 g/mol. The van der Waals surface area contributed by atoms with Crippen LogP contribution in [0.2, 0.25) is 0 Å². The van der Waals surface area contributed by atoms with Crippen LogP contribution in [0.15, 0.2) is 42.2 Å². The van der Waals surface area contributed by atoms with Crippen LogP contribution < -0.4 is 18.9 Å². The van der Waals surface area contributed by atoms with Gasteiger partial charge in [-0.1, -0.05) is 0 Å². The number of hydrogen-bond donors (Lipinski definition) is 0. The molecule has 2 aromatic carbocycles. The van der Waals surface area contributed by atoms with Crippen LogP contribution in [0.25, 0.3) is 6.08 Å². The molecule has 7 heteroatoms. The molecule has 4 rings (SSSR count). The second-order valence-corrected chi connectivity index (χ2v) is 7.44. The van der Waals surface area contributed by atoms with E-state index in [-0.39, 0.29) is 24.1 Å². The highest BCUT2D eigenvalue weighted by Gasteiger charge is 2.28. The summed E-state index contributed by atoms with van der Waals surface area (Å²) >= 11 is 0. The molecule has 0 atom stereocenters. The molecule has 2 aromatic rings. The lowest BCUT2D eigenvalue weighted by atomic mass is 10.1. The van der Waals surface area contributed by atoms with Crippen LogP contribution in [0.3, 0.4) is 0 Å². The van der Waals surface area contributed by atoms with Gasteiger partial charge in [0.05, 0.1) is 19.8 Å². The molecule has 0 bridgehead atoms. The quantitative estimate of drug-likeness (QED) is 0.660. The molecular weight excluding hydrogens is 398 g/mol. The zero-order valence-corrected chi connectivity index (χ0v) is 17.7. The minimum absolute atomic E-state index is 0.0251. The molecule has 1 amide bonds. The Hall–Kier alpha value is -3.48. The maximum atomic E-state index is 12.8. The summed E-state index contributed by atoms with van der Waals surface area (Å²) in [5.74, 6) is 2.06. The smallest absolute Gasteiger partial charge is 0.260 e. The van der Waals surface area contributed by atoms with Crippen LogP contribution in [0.5, 0.6) is 23.0 Å². The summed E-state index contributed by atoms with van der Waals surface area (Å²) in [5, 5.41) is 0. The minimum atomic E-state index is -0.226. The summed E-state index contributed by atoms with van der Waals surface area (Å²) in [6.07, 6.45) is 4.86. The van der Waals surface area contributed by atoms with Crippen molar-refractivity contribution in [2.75, 3.05) is 33.9 Å². The third-order valence-corrected chi connectivity index (χ3v) is 5.44. The fourth-order valence-electron chi connectivity index (χ4n) is 3.73. The van der Waals surface area contributed by atoms with Gasteiger partial charge >= 0.3 is 0 Å². The van der Waals surface area contributed by atoms with Gasteiger partial charge in [-0.05, 0) is 55.7 Å². The van der Waals surface area contributed by atoms with Gasteiger partial charge in [0.1, 0.15) is 23.0 Å². The number of rotatable bonds is 6. The molecule has 0 N–H and O–H groups in total. The molecule has 2 aliphatic rings. The van der Waals surface area contributed by atoms with Gasteiger partial charge in [-0.2, -0.15) is 0 Å². The second kappa shape index (κ2) is 9.12. The first kappa shape index (κ1) is 20.8. The monoisotopic (exact) mass is 423 g/mol. The predicted octanol–water partition coefficient (Wildman–Crippen LogP) is 3.71. The van der Waals surface area contributed by atoms with E-state index < -0.39 is 0 Å². The van der Waals surface area contributed by atoms with Crippen molar-refractivity contribution in [3.05, 3.63) is 53.3 Å². The zero-order valence-electron chi connectivity index (χ0n) is 17.7. The Balaban J connectivity index is 1.48. The fourth-order valence-corrected chi connectivity index (χ4v) is 3.73. The Morgan fingerprint density at radius 2 is 1.81 bits per heavy atom. The molecule has 31 heavy (non-hydrogen) atoms. The molecule has 0 aromatic heterocycles. The number of nitrogens with zero attached hydrogens (tertiary/aromatic N) is 1. The molecule has 0 spiro atoms. The Kier molecular flexibility index (Phi) is 6.11. The van der Waals surface area contributed by atoms with Crippen molar-refractivity contribution in [1.29, 1.82) is 0 Å². The summed E-state index contributed by atoms with van der Waals surface area (Å²) in [7, 11) is 3.13. The average Bonchev–Trinajstić information content (AvgIpc) is 3.12. The van der Waals surface area contributed by atoms with Crippen molar-refractivity contribution in [2.24, 2.45) is 0 Å². The van der Waals surface area contributed by atoms with Gasteiger partial charge in [-0.25, -0.2) is 0 Å². The lowest BCUT2D eigenvalue weighted by molar-refractivity contribution is -0.134. The number of Topliss-reactive ketones (excluding diaryl/α,β-unsaturated/α-hetero) is 1. The van der Waals surface area contributed by atoms with Gasteiger partial charge in [0, 0.05) is 24.7 Å². The number of fused-ring (bicyclic) bond motifs is 1. The Labute approximate surface area is 181 Å². The van der Waals surface area contributed by atoms with Gasteiger partial charge in [0.2, 0.25) is 5.78 Å². The van der Waals surface area contributed by atoms with Crippen LogP contribution in [-0.2, 0) is 4.79 Å². The standard InChI is InChI=1S/C24H25NO6/c1-28-17-7-9-20(29-2)16(12-17)13-22-24(27)19-8-6-18(14-21(19)31-22)30-15-23(26)25-10-4-3-5-11-25/h6-9,12-14H,3-5,10-11,15H2,1-2H3. The molecule has 2 aliphatic heterocycles. The first-order chi connectivity index (χ1) is 15.1. The highest BCUT2D eigenvalue weighted by Crippen LogP contribution is 2.36. The van der Waals surface area contributed by atoms with Crippen molar-refractivity contribution < 1.29 is 28.5 Å². The number of hydrogen-bond acceptors (Lipinski definition) is 6. The number of carbonyl (C=O) groups excluding carboxylic acids is 2. The first-order valence-electron chi connectivity index (χ1n) is 10.3. The van der Waals surface area contributed by atoms with E-state index in [1.807, 2.05) is 4.90 Å². The molecule has 162 valence electrons. The van der Waals surface area contributed by atoms with Gasteiger partial charge in [-0.15, -0.1) is 0 Å². The Morgan fingerprint density at radius 1 is 1.03 bits per heavy atom. The fraction of sp³-hybridized carbons (Fsp3) is 0.333. The summed E-state index contributed by atoms with van der Waals surface area (Å²) < 4.78 is 22.1. The summed E-state index contributed by atoms with van der Waals surface area (Å²) in [4.78, 5) is 26.9. The summed E-state index contributed by atoms with van der Waals surface area (Å²) in [6.45, 7) is 1.54. The normalized spacial score (nSPS) is 16.6. The number of benzene rings is 2. The lowest BCUT2D eigenvalue weighted by Gasteiger charge is -2.26. The van der Waals surface area contributed by atoms with Crippen molar-refractivity contribution in [3.63, 3.8) is 0 Å². The minimum Gasteiger partial charge on any atom is -0.497 e. The van der Waals surface area contributed by atoms with E-state index in [0.29, 0.717) is 34.1 Å². The molecule has 0 aliphatic carbocycles. The summed E-state index contributed by atoms with van der Waals surface area (Å²) in [6, 6.07) is 10.3. The molecule has 7 nitrogen and oxygen atoms in total. The highest BCUT2D eigenvalue weighted by atomic mass is 16.5. The van der Waals surface area contributed by atoms with Crippen LogP contribution in [0.1, 0.15) is 35.2 Å². The third kappa shape index (κ3) is 4.50. The first-order valence-corrected chi connectivity index (χ1v) is 10.3. The number of carbonyl (C=O) groups is 2. The van der Waals surface area contributed by atoms with Crippen molar-refractivity contribution >= 4 is 17.8 Å². The largest absolute Gasteiger partial charge is 0.497 e. The number of likely N-dealkylation sites (tertiary alicyclic amines) is 1. The maximum absolute atomic E-state index is 12.8. The van der Waals surface area contributed by atoms with Gasteiger partial charge in [0.25, 0.3) is 5.91 Å². The van der Waals surface area contributed by atoms with E-state index in [1.54, 1.807) is 56.7 Å². The van der Waals surface area contributed by atoms with E-state index in [0.717, 1.165) is 32.4 Å². The molecule has 2 heterocycles. The van der Waals surface area contributed by atoms with E-state index in [9.17, 15) is 9.59 Å². The number of ketones is 1. The van der Waals surface area contributed by atoms with E-state index in [2.05, 4.69) is 0 Å². The van der Waals surface area contributed by atoms with Crippen molar-refractivity contribution in [2.45, 2.75) is 19.3 Å². The van der Waals surface area contributed by atoms with E-state index in [4.69, 9.17) is 18.9 Å². The lowest BCUT2D eigenvalue weighted by Crippen LogP contribution is -2.38.